The first-order valence-electron chi connectivity index (χ1n) is 9.89. The van der Waals surface area contributed by atoms with Crippen LogP contribution in [-0.4, -0.2) is 43.8 Å². The maximum Gasteiger partial charge on any atom is 0.182 e. The highest BCUT2D eigenvalue weighted by Gasteiger charge is 2.21. The summed E-state index contributed by atoms with van der Waals surface area (Å²) in [6.07, 6.45) is 6.70. The van der Waals surface area contributed by atoms with E-state index in [2.05, 4.69) is 21.4 Å². The van der Waals surface area contributed by atoms with Gasteiger partial charge in [0.05, 0.1) is 19.0 Å². The van der Waals surface area contributed by atoms with Crippen LogP contribution in [-0.2, 0) is 0 Å². The molecule has 8 nitrogen and oxygen atoms in total. The van der Waals surface area contributed by atoms with E-state index >= 15 is 0 Å². The van der Waals surface area contributed by atoms with Gasteiger partial charge in [0.25, 0.3) is 0 Å². The Morgan fingerprint density at radius 3 is 2.83 bits per heavy atom. The van der Waals surface area contributed by atoms with Gasteiger partial charge in [0.15, 0.2) is 17.7 Å². The Morgan fingerprint density at radius 1 is 1.30 bits per heavy atom. The van der Waals surface area contributed by atoms with Crippen molar-refractivity contribution in [2.45, 2.75) is 25.2 Å². The summed E-state index contributed by atoms with van der Waals surface area (Å²) < 4.78 is 11.3. The van der Waals surface area contributed by atoms with Gasteiger partial charge in [-0.05, 0) is 37.1 Å². The Morgan fingerprint density at radius 2 is 2.13 bits per heavy atom. The van der Waals surface area contributed by atoms with E-state index < -0.39 is 6.29 Å². The van der Waals surface area contributed by atoms with Crippen LogP contribution in [0, 0.1) is 11.3 Å². The molecular formula is C22H24N6O2. The number of allylic oxidation sites excluding steroid dienone is 1. The van der Waals surface area contributed by atoms with E-state index in [0.717, 1.165) is 42.8 Å². The molecule has 0 radical (unpaired) electrons. The molecule has 1 saturated heterocycles. The van der Waals surface area contributed by atoms with Gasteiger partial charge in [0.2, 0.25) is 0 Å². The molecule has 1 aromatic carbocycles. The maximum atomic E-state index is 9.44. The third-order valence-corrected chi connectivity index (χ3v) is 5.14. The van der Waals surface area contributed by atoms with E-state index in [9.17, 15) is 5.26 Å². The van der Waals surface area contributed by atoms with E-state index in [0.29, 0.717) is 11.4 Å². The third kappa shape index (κ3) is 4.27. The fraction of sp³-hybridized carbons (Fsp3) is 0.318. The van der Waals surface area contributed by atoms with Crippen LogP contribution in [0.15, 0.2) is 47.7 Å². The van der Waals surface area contributed by atoms with Crippen LogP contribution in [0.3, 0.4) is 0 Å². The summed E-state index contributed by atoms with van der Waals surface area (Å²) in [7, 11) is 1.64. The number of aromatic nitrogens is 1. The lowest BCUT2D eigenvalue weighted by molar-refractivity contribution is 0.166. The molecule has 3 heterocycles. The van der Waals surface area contributed by atoms with Crippen molar-refractivity contribution < 1.29 is 9.47 Å². The minimum atomic E-state index is -0.592. The molecular weight excluding hydrogens is 380 g/mol. The minimum absolute atomic E-state index is 0.0151. The summed E-state index contributed by atoms with van der Waals surface area (Å²) in [6.45, 7) is 1.74. The Hall–Kier alpha value is -3.41. The van der Waals surface area contributed by atoms with Gasteiger partial charge in [-0.2, -0.15) is 5.26 Å². The molecule has 0 saturated carbocycles. The van der Waals surface area contributed by atoms with E-state index in [4.69, 9.17) is 15.2 Å². The largest absolute Gasteiger partial charge is 0.497 e. The Labute approximate surface area is 175 Å². The van der Waals surface area contributed by atoms with Gasteiger partial charge < -0.3 is 19.7 Å². The zero-order valence-electron chi connectivity index (χ0n) is 16.8. The van der Waals surface area contributed by atoms with Crippen LogP contribution in [0.1, 0.15) is 24.1 Å². The Kier molecular flexibility index (Phi) is 5.93. The molecule has 2 aliphatic heterocycles. The molecule has 1 aromatic heterocycles. The summed E-state index contributed by atoms with van der Waals surface area (Å²) in [5.41, 5.74) is 9.09. The number of nitrogens with one attached hydrogen (secondary N) is 1. The number of anilines is 1. The molecule has 0 amide bonds. The number of benzene rings is 1. The topological polar surface area (TPSA) is 109 Å². The van der Waals surface area contributed by atoms with Crippen LogP contribution in [0.2, 0.25) is 0 Å². The number of hydrogen-bond acceptors (Lipinski definition) is 8. The minimum Gasteiger partial charge on any atom is -0.497 e. The fourth-order valence-corrected chi connectivity index (χ4v) is 3.50. The number of ether oxygens (including phenoxy) is 2. The fourth-order valence-electron chi connectivity index (χ4n) is 3.50. The second kappa shape index (κ2) is 8.95. The first-order chi connectivity index (χ1) is 14.7. The van der Waals surface area contributed by atoms with Gasteiger partial charge in [-0.1, -0.05) is 12.1 Å². The van der Waals surface area contributed by atoms with Crippen LogP contribution in [0.5, 0.6) is 11.5 Å². The molecule has 0 spiro atoms. The van der Waals surface area contributed by atoms with Crippen molar-refractivity contribution in [3.63, 3.8) is 0 Å². The Bertz CT molecular complexity index is 990. The van der Waals surface area contributed by atoms with Crippen LogP contribution >= 0.6 is 0 Å². The standard InChI is InChI=1S/C22H24N6O2/c1-29-18-6-4-15(5-7-18)16-11-27-22(24)28(14-16)17-9-21(20(10-23)26-12-17)30-19-3-2-8-25-13-19/h4-7,9,11-12,14,19,22,25H,2-3,8,13,24H2,1H3. The number of nitriles is 1. The smallest absolute Gasteiger partial charge is 0.182 e. The van der Waals surface area contributed by atoms with Gasteiger partial charge in [-0.3, -0.25) is 10.7 Å². The Balaban J connectivity index is 1.62. The first-order valence-corrected chi connectivity index (χ1v) is 9.89. The molecule has 8 heteroatoms. The molecule has 154 valence electrons. The van der Waals surface area contributed by atoms with E-state index in [1.54, 1.807) is 19.5 Å². The summed E-state index contributed by atoms with van der Waals surface area (Å²) in [5, 5.41) is 12.8. The van der Waals surface area contributed by atoms with Crippen LogP contribution in [0.25, 0.3) is 5.57 Å². The first kappa shape index (κ1) is 19.9. The lowest BCUT2D eigenvalue weighted by Gasteiger charge is -2.29. The third-order valence-electron chi connectivity index (χ3n) is 5.14. The predicted molar refractivity (Wildman–Crippen MR) is 115 cm³/mol. The molecule has 2 aromatic rings. The quantitative estimate of drug-likeness (QED) is 0.787. The number of hydrogen-bond donors (Lipinski definition) is 2. The molecule has 4 rings (SSSR count). The molecule has 2 atom stereocenters. The number of rotatable bonds is 5. The number of piperidine rings is 1. The van der Waals surface area contributed by atoms with Crippen molar-refractivity contribution in [2.75, 3.05) is 25.1 Å². The lowest BCUT2D eigenvalue weighted by atomic mass is 10.1. The lowest BCUT2D eigenvalue weighted by Crippen LogP contribution is -2.39. The number of methoxy groups -OCH3 is 1. The van der Waals surface area contributed by atoms with Crippen molar-refractivity contribution in [1.29, 1.82) is 5.26 Å². The van der Waals surface area contributed by atoms with E-state index in [1.807, 2.05) is 41.4 Å². The molecule has 2 unspecified atom stereocenters. The zero-order chi connectivity index (χ0) is 20.9. The van der Waals surface area contributed by atoms with Crippen molar-refractivity contribution in [2.24, 2.45) is 10.7 Å². The maximum absolute atomic E-state index is 9.44. The molecule has 0 bridgehead atoms. The van der Waals surface area contributed by atoms with Crippen molar-refractivity contribution >= 4 is 17.5 Å². The van der Waals surface area contributed by atoms with Crippen molar-refractivity contribution in [3.05, 3.63) is 54.0 Å². The summed E-state index contributed by atoms with van der Waals surface area (Å²) in [5.74, 6) is 1.25. The van der Waals surface area contributed by atoms with Crippen molar-refractivity contribution in [3.8, 4) is 17.6 Å². The molecule has 30 heavy (non-hydrogen) atoms. The highest BCUT2D eigenvalue weighted by atomic mass is 16.5. The van der Waals surface area contributed by atoms with Crippen molar-refractivity contribution in [1.82, 2.24) is 10.3 Å². The van der Waals surface area contributed by atoms with E-state index in [1.165, 1.54) is 0 Å². The number of aliphatic imine (C=N–C) groups is 1. The molecule has 0 aliphatic carbocycles. The van der Waals surface area contributed by atoms with Gasteiger partial charge in [-0.15, -0.1) is 0 Å². The summed E-state index contributed by atoms with van der Waals surface area (Å²) in [6, 6.07) is 11.6. The van der Waals surface area contributed by atoms with Gasteiger partial charge in [-0.25, -0.2) is 4.98 Å². The highest BCUT2D eigenvalue weighted by molar-refractivity contribution is 6.11. The molecule has 1 fully saturated rings. The highest BCUT2D eigenvalue weighted by Crippen LogP contribution is 2.29. The predicted octanol–water partition coefficient (Wildman–Crippen LogP) is 2.27. The molecule has 3 N–H and O–H groups in total. The monoisotopic (exact) mass is 404 g/mol. The summed E-state index contributed by atoms with van der Waals surface area (Å²) in [4.78, 5) is 10.5. The number of pyridine rings is 1. The van der Waals surface area contributed by atoms with E-state index in [-0.39, 0.29) is 11.8 Å². The number of nitrogens with two attached hydrogens (primary N) is 1. The SMILES string of the molecule is COc1ccc(C2=CN(c3cnc(C#N)c(OC4CCCNC4)c3)C(N)N=C2)cc1. The second-order valence-corrected chi connectivity index (χ2v) is 7.15. The van der Waals surface area contributed by atoms with Crippen LogP contribution in [0.4, 0.5) is 5.69 Å². The second-order valence-electron chi connectivity index (χ2n) is 7.15. The number of nitrogens with zero attached hydrogens (tertiary/aromatic N) is 4. The zero-order valence-corrected chi connectivity index (χ0v) is 16.8. The van der Waals surface area contributed by atoms with Gasteiger partial charge >= 0.3 is 0 Å². The van der Waals surface area contributed by atoms with Gasteiger partial charge in [0.1, 0.15) is 17.9 Å². The average Bonchev–Trinajstić information content (AvgIpc) is 2.80. The molecule has 2 aliphatic rings. The normalized spacial score (nSPS) is 21.0. The summed E-state index contributed by atoms with van der Waals surface area (Å²) >= 11 is 0. The van der Waals surface area contributed by atoms with Gasteiger partial charge in [0, 0.05) is 30.6 Å². The average molecular weight is 404 g/mol. The van der Waals surface area contributed by atoms with Crippen LogP contribution < -0.4 is 25.4 Å².